The van der Waals surface area contributed by atoms with Crippen LogP contribution < -0.4 is 4.74 Å². The molecule has 2 rings (SSSR count). The Bertz CT molecular complexity index is 564. The maximum atomic E-state index is 11.5. The fraction of sp³-hybridized carbons (Fsp3) is 0.133. The Hall–Kier alpha value is -1.74. The molecular formula is C15H14O2S. The van der Waals surface area contributed by atoms with Crippen molar-refractivity contribution in [2.24, 2.45) is 0 Å². The highest BCUT2D eigenvalue weighted by atomic mass is 32.2. The molecule has 0 saturated carbocycles. The van der Waals surface area contributed by atoms with Gasteiger partial charge in [-0.15, -0.1) is 11.8 Å². The fourth-order valence-corrected chi connectivity index (χ4v) is 2.19. The van der Waals surface area contributed by atoms with Gasteiger partial charge in [-0.3, -0.25) is 4.79 Å². The summed E-state index contributed by atoms with van der Waals surface area (Å²) in [6, 6.07) is 15.1. The Labute approximate surface area is 111 Å². The summed E-state index contributed by atoms with van der Waals surface area (Å²) in [5, 5.41) is 0. The number of hydrogen-bond acceptors (Lipinski definition) is 3. The molecule has 0 fully saturated rings. The maximum Gasteiger partial charge on any atom is 0.163 e. The first-order valence-electron chi connectivity index (χ1n) is 5.63. The molecule has 92 valence electrons. The van der Waals surface area contributed by atoms with Crippen molar-refractivity contribution in [2.75, 3.05) is 6.26 Å². The van der Waals surface area contributed by atoms with E-state index in [1.54, 1.807) is 24.8 Å². The second-order valence-electron chi connectivity index (χ2n) is 3.81. The Kier molecular flexibility index (Phi) is 4.05. The molecule has 0 atom stereocenters. The molecule has 3 heteroatoms. The summed E-state index contributed by atoms with van der Waals surface area (Å²) in [6.45, 7) is 1.54. The van der Waals surface area contributed by atoms with Crippen molar-refractivity contribution < 1.29 is 9.53 Å². The minimum Gasteiger partial charge on any atom is -0.455 e. The molecule has 0 saturated heterocycles. The highest BCUT2D eigenvalue weighted by Crippen LogP contribution is 2.32. The molecule has 0 radical (unpaired) electrons. The molecule has 0 amide bonds. The summed E-state index contributed by atoms with van der Waals surface area (Å²) in [6.07, 6.45) is 2.00. The van der Waals surface area contributed by atoms with Crippen LogP contribution >= 0.6 is 11.8 Å². The molecule has 0 N–H and O–H groups in total. The molecule has 2 aromatic carbocycles. The number of ketones is 1. The second-order valence-corrected chi connectivity index (χ2v) is 4.65. The molecule has 2 nitrogen and oxygen atoms in total. The monoisotopic (exact) mass is 258 g/mol. The molecule has 0 spiro atoms. The zero-order chi connectivity index (χ0) is 13.0. The number of hydrogen-bond donors (Lipinski definition) is 0. The van der Waals surface area contributed by atoms with Crippen molar-refractivity contribution in [1.29, 1.82) is 0 Å². The van der Waals surface area contributed by atoms with Crippen molar-refractivity contribution in [2.45, 2.75) is 11.8 Å². The fourth-order valence-electron chi connectivity index (χ4n) is 1.67. The van der Waals surface area contributed by atoms with Gasteiger partial charge < -0.3 is 4.74 Å². The van der Waals surface area contributed by atoms with Crippen LogP contribution in [0.15, 0.2) is 53.4 Å². The second kappa shape index (κ2) is 5.74. The molecule has 2 aromatic rings. The number of carbonyl (C=O) groups is 1. The van der Waals surface area contributed by atoms with Crippen LogP contribution in [0.2, 0.25) is 0 Å². The van der Waals surface area contributed by atoms with E-state index in [0.29, 0.717) is 11.3 Å². The van der Waals surface area contributed by atoms with Crippen LogP contribution in [-0.4, -0.2) is 12.0 Å². The van der Waals surface area contributed by atoms with Gasteiger partial charge in [0, 0.05) is 4.90 Å². The molecule has 0 heterocycles. The van der Waals surface area contributed by atoms with Gasteiger partial charge in [-0.2, -0.15) is 0 Å². The van der Waals surface area contributed by atoms with Crippen LogP contribution in [-0.2, 0) is 0 Å². The van der Waals surface area contributed by atoms with Crippen LogP contribution in [0.25, 0.3) is 0 Å². The van der Waals surface area contributed by atoms with Crippen LogP contribution in [0.5, 0.6) is 11.5 Å². The smallest absolute Gasteiger partial charge is 0.163 e. The highest BCUT2D eigenvalue weighted by Gasteiger charge is 2.10. The van der Waals surface area contributed by atoms with E-state index < -0.39 is 0 Å². The lowest BCUT2D eigenvalue weighted by Gasteiger charge is -2.11. The van der Waals surface area contributed by atoms with E-state index in [9.17, 15) is 4.79 Å². The number of ether oxygens (including phenoxy) is 1. The highest BCUT2D eigenvalue weighted by molar-refractivity contribution is 7.98. The molecule has 0 aromatic heterocycles. The largest absolute Gasteiger partial charge is 0.455 e. The average Bonchev–Trinajstić information content (AvgIpc) is 2.40. The summed E-state index contributed by atoms with van der Waals surface area (Å²) in [7, 11) is 0. The van der Waals surface area contributed by atoms with Gasteiger partial charge in [0.05, 0.1) is 5.56 Å². The van der Waals surface area contributed by atoms with Gasteiger partial charge in [-0.1, -0.05) is 24.3 Å². The van der Waals surface area contributed by atoms with Crippen molar-refractivity contribution >= 4 is 17.5 Å². The van der Waals surface area contributed by atoms with E-state index in [1.165, 1.54) is 0 Å². The normalized spacial score (nSPS) is 10.1. The van der Waals surface area contributed by atoms with Crippen LogP contribution in [0, 0.1) is 0 Å². The van der Waals surface area contributed by atoms with Gasteiger partial charge in [0.25, 0.3) is 0 Å². The van der Waals surface area contributed by atoms with Crippen LogP contribution in [0.1, 0.15) is 17.3 Å². The first-order valence-corrected chi connectivity index (χ1v) is 6.85. The molecule has 0 aliphatic carbocycles. The van der Waals surface area contributed by atoms with E-state index in [-0.39, 0.29) is 5.78 Å². The van der Waals surface area contributed by atoms with Crippen LogP contribution in [0.3, 0.4) is 0 Å². The number of benzene rings is 2. The van der Waals surface area contributed by atoms with Crippen molar-refractivity contribution in [1.82, 2.24) is 0 Å². The third-order valence-corrected chi connectivity index (χ3v) is 3.33. The molecule has 0 unspecified atom stereocenters. The SMILES string of the molecule is CSc1ccccc1Oc1ccccc1C(C)=O. The minimum atomic E-state index is 0.00670. The zero-order valence-electron chi connectivity index (χ0n) is 10.3. The Morgan fingerprint density at radius 2 is 1.61 bits per heavy atom. The number of Topliss-reactive ketones (excluding diaryl/α,β-unsaturated/α-hetero) is 1. The Morgan fingerprint density at radius 1 is 1.00 bits per heavy atom. The predicted molar refractivity (Wildman–Crippen MR) is 74.7 cm³/mol. The summed E-state index contributed by atoms with van der Waals surface area (Å²) >= 11 is 1.62. The maximum absolute atomic E-state index is 11.5. The van der Waals surface area contributed by atoms with Crippen LogP contribution in [0.4, 0.5) is 0 Å². The van der Waals surface area contributed by atoms with Gasteiger partial charge >= 0.3 is 0 Å². The number of carbonyl (C=O) groups excluding carboxylic acids is 1. The molecule has 0 aliphatic heterocycles. The van der Waals surface area contributed by atoms with E-state index >= 15 is 0 Å². The number of rotatable bonds is 4. The molecule has 0 aliphatic rings. The lowest BCUT2D eigenvalue weighted by molar-refractivity contribution is 0.101. The standard InChI is InChI=1S/C15H14O2S/c1-11(16)12-7-3-4-8-13(12)17-14-9-5-6-10-15(14)18-2/h3-10H,1-2H3. The quantitative estimate of drug-likeness (QED) is 0.600. The van der Waals surface area contributed by atoms with E-state index in [4.69, 9.17) is 4.74 Å². The van der Waals surface area contributed by atoms with E-state index in [1.807, 2.05) is 48.7 Å². The Balaban J connectivity index is 2.37. The van der Waals surface area contributed by atoms with E-state index in [2.05, 4.69) is 0 Å². The number of thioether (sulfide) groups is 1. The summed E-state index contributed by atoms with van der Waals surface area (Å²) in [5.74, 6) is 1.39. The van der Waals surface area contributed by atoms with Gasteiger partial charge in [-0.25, -0.2) is 0 Å². The van der Waals surface area contributed by atoms with Gasteiger partial charge in [0.2, 0.25) is 0 Å². The number of para-hydroxylation sites is 2. The summed E-state index contributed by atoms with van der Waals surface area (Å²) < 4.78 is 5.85. The third kappa shape index (κ3) is 2.74. The first kappa shape index (κ1) is 12.7. The van der Waals surface area contributed by atoms with Gasteiger partial charge in [-0.05, 0) is 37.4 Å². The first-order chi connectivity index (χ1) is 8.72. The summed E-state index contributed by atoms with van der Waals surface area (Å²) in [4.78, 5) is 12.6. The Morgan fingerprint density at radius 3 is 2.28 bits per heavy atom. The van der Waals surface area contributed by atoms with Crippen molar-refractivity contribution in [3.05, 3.63) is 54.1 Å². The van der Waals surface area contributed by atoms with Gasteiger partial charge in [0.15, 0.2) is 5.78 Å². The lowest BCUT2D eigenvalue weighted by Crippen LogP contribution is -1.97. The molecule has 0 bridgehead atoms. The summed E-state index contributed by atoms with van der Waals surface area (Å²) in [5.41, 5.74) is 0.605. The molecular weight excluding hydrogens is 244 g/mol. The van der Waals surface area contributed by atoms with Gasteiger partial charge in [0.1, 0.15) is 11.5 Å². The third-order valence-electron chi connectivity index (χ3n) is 2.56. The molecule has 18 heavy (non-hydrogen) atoms. The van der Waals surface area contributed by atoms with Crippen molar-refractivity contribution in [3.63, 3.8) is 0 Å². The average molecular weight is 258 g/mol. The lowest BCUT2D eigenvalue weighted by atomic mass is 10.1. The predicted octanol–water partition coefficient (Wildman–Crippen LogP) is 4.40. The zero-order valence-corrected chi connectivity index (χ0v) is 11.2. The van der Waals surface area contributed by atoms with Crippen molar-refractivity contribution in [3.8, 4) is 11.5 Å². The van der Waals surface area contributed by atoms with E-state index in [0.717, 1.165) is 10.6 Å². The topological polar surface area (TPSA) is 26.3 Å². The minimum absolute atomic E-state index is 0.00670.